The topological polar surface area (TPSA) is 0 Å². The molecule has 5 rings (SSSR count). The minimum absolute atomic E-state index is 1.29. The van der Waals surface area contributed by atoms with Crippen LogP contribution in [0.25, 0.3) is 41.7 Å². The number of benzene rings is 3. The minimum Gasteiger partial charge on any atom is -0.145 e. The molecule has 4 heteroatoms. The van der Waals surface area contributed by atoms with Gasteiger partial charge in [-0.3, -0.25) is 0 Å². The lowest BCUT2D eigenvalue weighted by Crippen LogP contribution is -2.34. The monoisotopic (exact) mass is 434 g/mol. The van der Waals surface area contributed by atoms with E-state index in [1.165, 1.54) is 41.7 Å². The van der Waals surface area contributed by atoms with Crippen LogP contribution in [0.15, 0.2) is 48.5 Å². The Morgan fingerprint density at radius 2 is 0.893 bits per heavy atom. The van der Waals surface area contributed by atoms with Gasteiger partial charge >= 0.3 is 0 Å². The molecule has 0 aliphatic heterocycles. The molecule has 0 saturated carbocycles. The Bertz CT molecular complexity index is 1270. The molecular weight excluding hydrogens is 409 g/mol. The first-order valence-electron chi connectivity index (χ1n) is 9.95. The lowest BCUT2D eigenvalue weighted by Gasteiger charge is -2.12. The fraction of sp³-hybridized carbons (Fsp3) is 0.250. The van der Waals surface area contributed by atoms with Crippen LogP contribution >= 0.6 is 22.7 Å². The Kier molecular flexibility index (Phi) is 3.99. The van der Waals surface area contributed by atoms with Crippen LogP contribution in [0.1, 0.15) is 0 Å². The maximum absolute atomic E-state index is 2.48. The van der Waals surface area contributed by atoms with Crippen LogP contribution < -0.4 is 9.00 Å². The Morgan fingerprint density at radius 3 is 1.25 bits per heavy atom. The highest BCUT2D eigenvalue weighted by Gasteiger charge is 2.21. The zero-order valence-electron chi connectivity index (χ0n) is 17.4. The van der Waals surface area contributed by atoms with Gasteiger partial charge in [-0.2, -0.15) is 0 Å². The molecule has 0 aliphatic rings. The van der Waals surface area contributed by atoms with E-state index in [0.717, 1.165) is 0 Å². The van der Waals surface area contributed by atoms with Gasteiger partial charge in [0, 0.05) is 20.2 Å². The van der Waals surface area contributed by atoms with Gasteiger partial charge in [0.1, 0.15) is 0 Å². The molecule has 0 amide bonds. The summed E-state index contributed by atoms with van der Waals surface area (Å²) in [5.41, 5.74) is 0. The quantitative estimate of drug-likeness (QED) is 0.199. The summed E-state index contributed by atoms with van der Waals surface area (Å²) in [5, 5.41) is 8.43. The van der Waals surface area contributed by atoms with Gasteiger partial charge in [-0.25, -0.2) is 0 Å². The van der Waals surface area contributed by atoms with Gasteiger partial charge < -0.3 is 0 Å². The fourth-order valence-corrected chi connectivity index (χ4v) is 9.85. The molecule has 0 fully saturated rings. The average molecular weight is 435 g/mol. The van der Waals surface area contributed by atoms with Crippen molar-refractivity contribution in [3.05, 3.63) is 48.5 Å². The van der Waals surface area contributed by atoms with E-state index in [0.29, 0.717) is 0 Å². The summed E-state index contributed by atoms with van der Waals surface area (Å²) >= 11 is 4.00. The largest absolute Gasteiger partial charge is 0.145 e. The highest BCUT2D eigenvalue weighted by Crippen LogP contribution is 2.36. The Balaban J connectivity index is 1.83. The third-order valence-electron chi connectivity index (χ3n) is 5.63. The summed E-state index contributed by atoms with van der Waals surface area (Å²) in [4.78, 5) is 0. The van der Waals surface area contributed by atoms with E-state index in [2.05, 4.69) is 87.8 Å². The van der Waals surface area contributed by atoms with E-state index in [1.54, 1.807) is 9.00 Å². The minimum atomic E-state index is -1.29. The molecule has 0 atom stereocenters. The molecule has 2 heterocycles. The average Bonchev–Trinajstić information content (AvgIpc) is 3.23. The number of thiophene rings is 2. The van der Waals surface area contributed by atoms with Crippen LogP contribution in [0.5, 0.6) is 0 Å². The van der Waals surface area contributed by atoms with Crippen LogP contribution in [0.2, 0.25) is 39.3 Å². The van der Waals surface area contributed by atoms with Gasteiger partial charge in [0.15, 0.2) is 0 Å². The summed E-state index contributed by atoms with van der Waals surface area (Å²) < 4.78 is 6.06. The van der Waals surface area contributed by atoms with Gasteiger partial charge in [-0.1, -0.05) is 51.4 Å². The summed E-state index contributed by atoms with van der Waals surface area (Å²) in [5.74, 6) is 0. The number of rotatable bonds is 2. The second-order valence-electron chi connectivity index (χ2n) is 9.97. The lowest BCUT2D eigenvalue weighted by atomic mass is 9.99. The van der Waals surface area contributed by atoms with Crippen molar-refractivity contribution in [2.24, 2.45) is 0 Å². The van der Waals surface area contributed by atoms with Crippen LogP contribution in [-0.4, -0.2) is 16.1 Å². The highest BCUT2D eigenvalue weighted by atomic mass is 32.1. The zero-order valence-corrected chi connectivity index (χ0v) is 21.1. The lowest BCUT2D eigenvalue weighted by molar-refractivity contribution is 1.79. The normalized spacial score (nSPS) is 13.4. The van der Waals surface area contributed by atoms with Crippen molar-refractivity contribution in [2.45, 2.75) is 39.3 Å². The second-order valence-corrected chi connectivity index (χ2v) is 22.9. The van der Waals surface area contributed by atoms with E-state index in [9.17, 15) is 0 Å². The predicted octanol–water partition coefficient (Wildman–Crippen LogP) is 7.51. The molecule has 0 unspecified atom stereocenters. The molecule has 28 heavy (non-hydrogen) atoms. The summed E-state index contributed by atoms with van der Waals surface area (Å²) in [7, 11) is -2.57. The highest BCUT2D eigenvalue weighted by molar-refractivity contribution is 7.32. The maximum Gasteiger partial charge on any atom is 0.0904 e. The maximum atomic E-state index is 2.48. The van der Waals surface area contributed by atoms with Crippen molar-refractivity contribution < 1.29 is 0 Å². The molecule has 2 aromatic heterocycles. The molecule has 3 aromatic carbocycles. The molecular formula is C24H26S2Si2. The molecule has 0 spiro atoms. The molecule has 5 aromatic rings. The molecule has 0 bridgehead atoms. The predicted molar refractivity (Wildman–Crippen MR) is 138 cm³/mol. The van der Waals surface area contributed by atoms with Crippen molar-refractivity contribution in [3.63, 3.8) is 0 Å². The van der Waals surface area contributed by atoms with Crippen LogP contribution in [0, 0.1) is 0 Å². The van der Waals surface area contributed by atoms with Crippen molar-refractivity contribution >= 4 is 89.5 Å². The first kappa shape index (κ1) is 18.6. The molecule has 0 N–H and O–H groups in total. The van der Waals surface area contributed by atoms with Gasteiger partial charge in [0.05, 0.1) is 16.1 Å². The van der Waals surface area contributed by atoms with Gasteiger partial charge in [-0.15, -0.1) is 22.7 Å². The molecule has 0 aliphatic carbocycles. The molecule has 0 nitrogen and oxygen atoms in total. The summed E-state index contributed by atoms with van der Waals surface area (Å²) in [6, 6.07) is 19.1. The summed E-state index contributed by atoms with van der Waals surface area (Å²) in [6.45, 7) is 14.7. The Hall–Kier alpha value is -1.47. The Labute approximate surface area is 176 Å². The van der Waals surface area contributed by atoms with Gasteiger partial charge in [-0.05, 0) is 66.9 Å². The van der Waals surface area contributed by atoms with Crippen molar-refractivity contribution in [2.75, 3.05) is 0 Å². The van der Waals surface area contributed by atoms with E-state index in [-0.39, 0.29) is 0 Å². The molecule has 0 radical (unpaired) electrons. The van der Waals surface area contributed by atoms with E-state index in [1.807, 2.05) is 22.7 Å². The van der Waals surface area contributed by atoms with Crippen LogP contribution in [-0.2, 0) is 0 Å². The smallest absolute Gasteiger partial charge is 0.0904 e. The standard InChI is InChI=1S/C24H26S2Si2/c1-27(2,3)23-13-19-17-11-16-8-10-22-20(14-24(26-22)28(4,5)6)18(16)12-15(17)7-9-21(19)25-23/h7-14H,1-6H3. The van der Waals surface area contributed by atoms with Gasteiger partial charge in [0.2, 0.25) is 0 Å². The van der Waals surface area contributed by atoms with Crippen molar-refractivity contribution in [1.29, 1.82) is 0 Å². The number of hydrogen-bond acceptors (Lipinski definition) is 2. The van der Waals surface area contributed by atoms with E-state index < -0.39 is 16.1 Å². The van der Waals surface area contributed by atoms with Crippen LogP contribution in [0.4, 0.5) is 0 Å². The first-order valence-corrected chi connectivity index (χ1v) is 18.6. The summed E-state index contributed by atoms with van der Waals surface area (Å²) in [6.07, 6.45) is 0. The van der Waals surface area contributed by atoms with E-state index >= 15 is 0 Å². The van der Waals surface area contributed by atoms with Gasteiger partial charge in [0.25, 0.3) is 0 Å². The van der Waals surface area contributed by atoms with Crippen LogP contribution in [0.3, 0.4) is 0 Å². The van der Waals surface area contributed by atoms with E-state index in [4.69, 9.17) is 0 Å². The number of fused-ring (bicyclic) bond motifs is 6. The zero-order chi connectivity index (χ0) is 19.8. The number of hydrogen-bond donors (Lipinski definition) is 0. The first-order chi connectivity index (χ1) is 13.1. The second kappa shape index (κ2) is 6.02. The van der Waals surface area contributed by atoms with Crippen molar-refractivity contribution in [1.82, 2.24) is 0 Å². The SMILES string of the molecule is C[Si](C)(C)c1cc2c(ccc3cc4c(ccc5sc([Si](C)(C)C)cc54)cc32)s1. The van der Waals surface area contributed by atoms with Crippen molar-refractivity contribution in [3.8, 4) is 0 Å². The third-order valence-corrected chi connectivity index (χ3v) is 15.0. The third kappa shape index (κ3) is 2.89. The molecule has 142 valence electrons. The Morgan fingerprint density at radius 1 is 0.500 bits per heavy atom. The fourth-order valence-electron chi connectivity index (χ4n) is 3.92. The molecule has 0 saturated heterocycles.